The van der Waals surface area contributed by atoms with E-state index in [1.54, 1.807) is 0 Å². The van der Waals surface area contributed by atoms with E-state index in [1.807, 2.05) is 0 Å². The number of nitrogens with one attached hydrogen (secondary N) is 1. The molecule has 2 N–H and O–H groups in total. The van der Waals surface area contributed by atoms with Gasteiger partial charge in [-0.05, 0) is 31.7 Å². The first-order valence-electron chi connectivity index (χ1n) is 7.88. The lowest BCUT2D eigenvalue weighted by molar-refractivity contribution is 0.0152. The van der Waals surface area contributed by atoms with E-state index >= 15 is 0 Å². The summed E-state index contributed by atoms with van der Waals surface area (Å²) < 4.78 is 0. The summed E-state index contributed by atoms with van der Waals surface area (Å²) in [5.74, 6) is 0.703. The molecule has 0 bridgehead atoms. The molecule has 1 aliphatic heterocycles. The molecule has 0 radical (unpaired) electrons. The molecule has 1 saturated carbocycles. The highest BCUT2D eigenvalue weighted by atomic mass is 16.3. The fourth-order valence-corrected chi connectivity index (χ4v) is 3.74. The van der Waals surface area contributed by atoms with Crippen molar-refractivity contribution in [1.82, 2.24) is 10.2 Å². The number of aliphatic hydroxyl groups is 1. The number of nitrogens with zero attached hydrogens (tertiary/aromatic N) is 1. The molecule has 2 fully saturated rings. The number of likely N-dealkylation sites (tertiary alicyclic amines) is 1. The van der Waals surface area contributed by atoms with Crippen LogP contribution in [0.25, 0.3) is 0 Å². The van der Waals surface area contributed by atoms with E-state index in [4.69, 9.17) is 0 Å². The minimum atomic E-state index is -0.0876. The molecule has 1 saturated heterocycles. The summed E-state index contributed by atoms with van der Waals surface area (Å²) in [7, 11) is 0. The van der Waals surface area contributed by atoms with Crippen LogP contribution in [0.5, 0.6) is 0 Å². The average Bonchev–Trinajstić information content (AvgIpc) is 2.57. The summed E-state index contributed by atoms with van der Waals surface area (Å²) in [5.41, 5.74) is 0. The molecule has 0 aromatic carbocycles. The normalized spacial score (nSPS) is 39.5. The minimum Gasteiger partial charge on any atom is -0.391 e. The van der Waals surface area contributed by atoms with Crippen LogP contribution in [-0.4, -0.2) is 47.8 Å². The Morgan fingerprint density at radius 1 is 1.17 bits per heavy atom. The van der Waals surface area contributed by atoms with Gasteiger partial charge in [-0.1, -0.05) is 33.1 Å². The third-order valence-corrected chi connectivity index (χ3v) is 4.82. The lowest BCUT2D eigenvalue weighted by Gasteiger charge is -2.42. The van der Waals surface area contributed by atoms with Gasteiger partial charge in [0.15, 0.2) is 0 Å². The van der Waals surface area contributed by atoms with E-state index in [1.165, 1.54) is 32.1 Å². The quantitative estimate of drug-likeness (QED) is 0.756. The van der Waals surface area contributed by atoms with Gasteiger partial charge in [-0.25, -0.2) is 0 Å². The Morgan fingerprint density at radius 2 is 1.94 bits per heavy atom. The second-order valence-corrected chi connectivity index (χ2v) is 6.20. The van der Waals surface area contributed by atoms with E-state index in [9.17, 15) is 5.11 Å². The van der Waals surface area contributed by atoms with Crippen molar-refractivity contribution < 1.29 is 5.11 Å². The first-order chi connectivity index (χ1) is 8.72. The lowest BCUT2D eigenvalue weighted by Crippen LogP contribution is -2.54. The molecule has 3 nitrogen and oxygen atoms in total. The van der Waals surface area contributed by atoms with E-state index in [-0.39, 0.29) is 6.10 Å². The molecule has 1 aliphatic carbocycles. The maximum absolute atomic E-state index is 10.3. The summed E-state index contributed by atoms with van der Waals surface area (Å²) in [5, 5.41) is 13.9. The Kier molecular flexibility index (Phi) is 5.46. The van der Waals surface area contributed by atoms with Crippen molar-refractivity contribution in [3.8, 4) is 0 Å². The number of hydrogen-bond donors (Lipinski definition) is 2. The molecule has 3 heteroatoms. The standard InChI is InChI=1S/C15H30N2O/c1-3-16-13-9-10-17(11-12(13)2)14-7-5-4-6-8-15(14)18/h12-16,18H,3-11H2,1-2H3. The second-order valence-electron chi connectivity index (χ2n) is 6.20. The van der Waals surface area contributed by atoms with Gasteiger partial charge in [0, 0.05) is 25.2 Å². The Balaban J connectivity index is 1.90. The molecule has 4 atom stereocenters. The molecular formula is C15H30N2O. The molecule has 106 valence electrons. The fraction of sp³-hybridized carbons (Fsp3) is 1.00. The molecule has 0 aromatic heterocycles. The maximum atomic E-state index is 10.3. The van der Waals surface area contributed by atoms with Crippen LogP contribution in [0.4, 0.5) is 0 Å². The Hall–Kier alpha value is -0.120. The summed E-state index contributed by atoms with van der Waals surface area (Å²) in [6.45, 7) is 7.92. The SMILES string of the molecule is CCNC1CCN(C2CCCCCC2O)CC1C. The van der Waals surface area contributed by atoms with Gasteiger partial charge in [0.2, 0.25) is 0 Å². The second kappa shape index (κ2) is 6.88. The van der Waals surface area contributed by atoms with Crippen molar-refractivity contribution in [2.24, 2.45) is 5.92 Å². The molecule has 18 heavy (non-hydrogen) atoms. The van der Waals surface area contributed by atoms with Gasteiger partial charge in [-0.3, -0.25) is 4.90 Å². The number of piperidine rings is 1. The zero-order valence-electron chi connectivity index (χ0n) is 12.1. The highest BCUT2D eigenvalue weighted by Gasteiger charge is 2.33. The molecule has 0 amide bonds. The minimum absolute atomic E-state index is 0.0876. The number of rotatable bonds is 3. The van der Waals surface area contributed by atoms with Crippen LogP contribution in [0, 0.1) is 5.92 Å². The predicted octanol–water partition coefficient (Wildman–Crippen LogP) is 2.00. The van der Waals surface area contributed by atoms with Gasteiger partial charge in [-0.15, -0.1) is 0 Å². The van der Waals surface area contributed by atoms with Gasteiger partial charge in [0.1, 0.15) is 0 Å². The third kappa shape index (κ3) is 3.46. The van der Waals surface area contributed by atoms with Crippen molar-refractivity contribution in [3.63, 3.8) is 0 Å². The van der Waals surface area contributed by atoms with Gasteiger partial charge < -0.3 is 10.4 Å². The highest BCUT2D eigenvalue weighted by molar-refractivity contribution is 4.89. The first kappa shape index (κ1) is 14.3. The van der Waals surface area contributed by atoms with Crippen LogP contribution in [0.3, 0.4) is 0 Å². The largest absolute Gasteiger partial charge is 0.391 e. The Morgan fingerprint density at radius 3 is 2.67 bits per heavy atom. The Bertz CT molecular complexity index is 247. The fourth-order valence-electron chi connectivity index (χ4n) is 3.74. The molecule has 0 aromatic rings. The summed E-state index contributed by atoms with van der Waals surface area (Å²) >= 11 is 0. The van der Waals surface area contributed by atoms with Crippen LogP contribution in [0.1, 0.15) is 52.4 Å². The van der Waals surface area contributed by atoms with Crippen LogP contribution in [0.2, 0.25) is 0 Å². The zero-order valence-corrected chi connectivity index (χ0v) is 12.1. The molecule has 2 rings (SSSR count). The van der Waals surface area contributed by atoms with Crippen LogP contribution in [0.15, 0.2) is 0 Å². The summed E-state index contributed by atoms with van der Waals surface area (Å²) in [4.78, 5) is 2.56. The Labute approximate surface area is 112 Å². The van der Waals surface area contributed by atoms with Gasteiger partial charge in [0.05, 0.1) is 6.10 Å². The monoisotopic (exact) mass is 254 g/mol. The molecule has 4 unspecified atom stereocenters. The van der Waals surface area contributed by atoms with E-state index in [0.29, 0.717) is 18.0 Å². The van der Waals surface area contributed by atoms with E-state index in [2.05, 4.69) is 24.1 Å². The van der Waals surface area contributed by atoms with Crippen molar-refractivity contribution in [2.45, 2.75) is 70.6 Å². The average molecular weight is 254 g/mol. The molecule has 0 spiro atoms. The van der Waals surface area contributed by atoms with Gasteiger partial charge in [0.25, 0.3) is 0 Å². The topological polar surface area (TPSA) is 35.5 Å². The van der Waals surface area contributed by atoms with Crippen LogP contribution in [-0.2, 0) is 0 Å². The zero-order chi connectivity index (χ0) is 13.0. The third-order valence-electron chi connectivity index (χ3n) is 4.82. The predicted molar refractivity (Wildman–Crippen MR) is 75.7 cm³/mol. The van der Waals surface area contributed by atoms with Crippen molar-refractivity contribution >= 4 is 0 Å². The smallest absolute Gasteiger partial charge is 0.0695 e. The number of aliphatic hydroxyl groups excluding tert-OH is 1. The van der Waals surface area contributed by atoms with Crippen molar-refractivity contribution in [2.75, 3.05) is 19.6 Å². The molecular weight excluding hydrogens is 224 g/mol. The molecule has 2 aliphatic rings. The van der Waals surface area contributed by atoms with Crippen molar-refractivity contribution in [3.05, 3.63) is 0 Å². The van der Waals surface area contributed by atoms with Crippen LogP contribution >= 0.6 is 0 Å². The number of hydrogen-bond acceptors (Lipinski definition) is 3. The maximum Gasteiger partial charge on any atom is 0.0695 e. The lowest BCUT2D eigenvalue weighted by atomic mass is 9.91. The molecule has 1 heterocycles. The van der Waals surface area contributed by atoms with E-state index < -0.39 is 0 Å². The summed E-state index contributed by atoms with van der Waals surface area (Å²) in [6, 6.07) is 1.10. The van der Waals surface area contributed by atoms with Crippen LogP contribution < -0.4 is 5.32 Å². The highest BCUT2D eigenvalue weighted by Crippen LogP contribution is 2.27. The summed E-state index contributed by atoms with van der Waals surface area (Å²) in [6.07, 6.45) is 7.15. The van der Waals surface area contributed by atoms with Gasteiger partial charge in [-0.2, -0.15) is 0 Å². The van der Waals surface area contributed by atoms with E-state index in [0.717, 1.165) is 26.1 Å². The van der Waals surface area contributed by atoms with Gasteiger partial charge >= 0.3 is 0 Å². The van der Waals surface area contributed by atoms with Crippen molar-refractivity contribution in [1.29, 1.82) is 0 Å². The first-order valence-corrected chi connectivity index (χ1v) is 7.88.